The summed E-state index contributed by atoms with van der Waals surface area (Å²) >= 11 is 3.44. The van der Waals surface area contributed by atoms with E-state index in [4.69, 9.17) is 10.2 Å². The van der Waals surface area contributed by atoms with E-state index < -0.39 is 10.8 Å². The monoisotopic (exact) mass is 350 g/mol. The summed E-state index contributed by atoms with van der Waals surface area (Å²) in [5.41, 5.74) is 8.45. The smallest absolute Gasteiger partial charge is 0.288 e. The van der Waals surface area contributed by atoms with Gasteiger partial charge in [0.25, 0.3) is 5.22 Å². The summed E-state index contributed by atoms with van der Waals surface area (Å²) in [5, 5.41) is 0.223. The van der Waals surface area contributed by atoms with Gasteiger partial charge in [0.05, 0.1) is 5.75 Å². The normalized spacial score (nSPS) is 12.7. The van der Waals surface area contributed by atoms with Gasteiger partial charge >= 0.3 is 0 Å². The van der Waals surface area contributed by atoms with Gasteiger partial charge in [-0.05, 0) is 23.8 Å². The molecule has 20 heavy (non-hydrogen) atoms. The number of benzene rings is 2. The van der Waals surface area contributed by atoms with Crippen LogP contribution in [-0.4, -0.2) is 9.19 Å². The van der Waals surface area contributed by atoms with Crippen LogP contribution in [0.2, 0.25) is 0 Å². The molecule has 3 rings (SSSR count). The first-order chi connectivity index (χ1) is 9.63. The molecule has 0 aliphatic heterocycles. The molecule has 0 saturated heterocycles. The van der Waals surface area contributed by atoms with Crippen molar-refractivity contribution in [1.29, 1.82) is 0 Å². The Morgan fingerprint density at radius 2 is 2.05 bits per heavy atom. The minimum Gasteiger partial charge on any atom is -0.430 e. The van der Waals surface area contributed by atoms with Crippen LogP contribution in [0.3, 0.4) is 0 Å². The fourth-order valence-electron chi connectivity index (χ4n) is 1.84. The number of hydrogen-bond acceptors (Lipinski definition) is 4. The molecular formula is C14H11BrN2O2S. The van der Waals surface area contributed by atoms with Crippen LogP contribution < -0.4 is 5.73 Å². The van der Waals surface area contributed by atoms with E-state index in [1.165, 1.54) is 0 Å². The van der Waals surface area contributed by atoms with Crippen LogP contribution in [0.5, 0.6) is 0 Å². The average Bonchev–Trinajstić information content (AvgIpc) is 2.84. The molecule has 1 atom stereocenters. The first kappa shape index (κ1) is 13.3. The van der Waals surface area contributed by atoms with E-state index in [0.29, 0.717) is 22.5 Å². The van der Waals surface area contributed by atoms with Crippen LogP contribution in [0.15, 0.2) is 56.6 Å². The van der Waals surface area contributed by atoms with Crippen molar-refractivity contribution in [1.82, 2.24) is 4.98 Å². The Balaban J connectivity index is 1.91. The predicted molar refractivity (Wildman–Crippen MR) is 82.7 cm³/mol. The second-order valence-corrected chi connectivity index (χ2v) is 6.47. The molecule has 0 aliphatic rings. The zero-order valence-electron chi connectivity index (χ0n) is 10.4. The summed E-state index contributed by atoms with van der Waals surface area (Å²) in [6.07, 6.45) is 0. The molecule has 0 radical (unpaired) electrons. The Labute approximate surface area is 126 Å². The molecule has 4 nitrogen and oxygen atoms in total. The van der Waals surface area contributed by atoms with E-state index in [9.17, 15) is 4.21 Å². The predicted octanol–water partition coefficient (Wildman–Crippen LogP) is 3.48. The summed E-state index contributed by atoms with van der Waals surface area (Å²) < 4.78 is 18.8. The maximum absolute atomic E-state index is 12.3. The Bertz CT molecular complexity index is 801. The number of nitrogen functional groups attached to an aromatic ring is 1. The third-order valence-electron chi connectivity index (χ3n) is 2.83. The maximum Gasteiger partial charge on any atom is 0.288 e. The molecule has 1 unspecified atom stereocenters. The van der Waals surface area contributed by atoms with Crippen molar-refractivity contribution in [3.8, 4) is 0 Å². The van der Waals surface area contributed by atoms with Gasteiger partial charge in [-0.1, -0.05) is 34.1 Å². The highest BCUT2D eigenvalue weighted by Crippen LogP contribution is 2.23. The number of aromatic nitrogens is 1. The van der Waals surface area contributed by atoms with Gasteiger partial charge in [-0.15, -0.1) is 0 Å². The molecule has 0 spiro atoms. The van der Waals surface area contributed by atoms with E-state index >= 15 is 0 Å². The van der Waals surface area contributed by atoms with Crippen molar-refractivity contribution >= 4 is 43.5 Å². The molecular weight excluding hydrogens is 340 g/mol. The van der Waals surface area contributed by atoms with E-state index in [1.54, 1.807) is 18.2 Å². The number of fused-ring (bicyclic) bond motifs is 1. The number of hydrogen-bond donors (Lipinski definition) is 1. The lowest BCUT2D eigenvalue weighted by atomic mass is 10.2. The summed E-state index contributed by atoms with van der Waals surface area (Å²) in [5.74, 6) is 0.351. The molecule has 0 aliphatic carbocycles. The largest absolute Gasteiger partial charge is 0.430 e. The van der Waals surface area contributed by atoms with Crippen LogP contribution in [-0.2, 0) is 16.6 Å². The number of halogens is 1. The fraction of sp³-hybridized carbons (Fsp3) is 0.0714. The van der Waals surface area contributed by atoms with Crippen molar-refractivity contribution in [2.45, 2.75) is 11.0 Å². The Kier molecular flexibility index (Phi) is 3.58. The number of nitrogens with zero attached hydrogens (tertiary/aromatic N) is 1. The lowest BCUT2D eigenvalue weighted by Crippen LogP contribution is -1.97. The standard InChI is InChI=1S/C14H11BrN2O2S/c15-11-4-2-1-3-9(11)8-20(18)14-17-12-6-5-10(16)7-13(12)19-14/h1-7H,8,16H2. The summed E-state index contributed by atoms with van der Waals surface area (Å²) in [4.78, 5) is 4.24. The van der Waals surface area contributed by atoms with Crippen LogP contribution in [0.25, 0.3) is 11.1 Å². The molecule has 0 bridgehead atoms. The van der Waals surface area contributed by atoms with Crippen molar-refractivity contribution < 1.29 is 8.63 Å². The van der Waals surface area contributed by atoms with Gasteiger partial charge in [0.15, 0.2) is 5.58 Å². The zero-order chi connectivity index (χ0) is 14.1. The highest BCUT2D eigenvalue weighted by atomic mass is 79.9. The molecule has 102 valence electrons. The van der Waals surface area contributed by atoms with Crippen LogP contribution in [0, 0.1) is 0 Å². The Morgan fingerprint density at radius 1 is 1.25 bits per heavy atom. The lowest BCUT2D eigenvalue weighted by molar-refractivity contribution is 0.477. The first-order valence-electron chi connectivity index (χ1n) is 5.91. The number of nitrogens with two attached hydrogens (primary N) is 1. The molecule has 2 aromatic carbocycles. The fourth-order valence-corrected chi connectivity index (χ4v) is 3.49. The third kappa shape index (κ3) is 2.62. The van der Waals surface area contributed by atoms with Crippen molar-refractivity contribution in [2.24, 2.45) is 0 Å². The van der Waals surface area contributed by atoms with Crippen LogP contribution in [0.1, 0.15) is 5.56 Å². The SMILES string of the molecule is Nc1ccc2nc(S(=O)Cc3ccccc3Br)oc2c1. The molecule has 1 heterocycles. The topological polar surface area (TPSA) is 69.1 Å². The van der Waals surface area contributed by atoms with Gasteiger partial charge in [0.2, 0.25) is 0 Å². The average molecular weight is 351 g/mol. The second kappa shape index (κ2) is 5.38. The van der Waals surface area contributed by atoms with Gasteiger partial charge in [0, 0.05) is 16.2 Å². The van der Waals surface area contributed by atoms with Crippen molar-refractivity contribution in [2.75, 3.05) is 5.73 Å². The second-order valence-electron chi connectivity index (χ2n) is 4.29. The number of anilines is 1. The molecule has 0 amide bonds. The van der Waals surface area contributed by atoms with Crippen LogP contribution in [0.4, 0.5) is 5.69 Å². The van der Waals surface area contributed by atoms with Gasteiger partial charge < -0.3 is 10.2 Å². The van der Waals surface area contributed by atoms with E-state index in [0.717, 1.165) is 10.0 Å². The minimum atomic E-state index is -1.33. The van der Waals surface area contributed by atoms with E-state index in [-0.39, 0.29) is 5.22 Å². The molecule has 1 aromatic heterocycles. The van der Waals surface area contributed by atoms with Crippen molar-refractivity contribution in [3.63, 3.8) is 0 Å². The summed E-state index contributed by atoms with van der Waals surface area (Å²) in [7, 11) is -1.33. The Hall–Kier alpha value is -1.66. The molecule has 3 aromatic rings. The third-order valence-corrected chi connectivity index (χ3v) is 4.74. The van der Waals surface area contributed by atoms with Gasteiger partial charge in [-0.25, -0.2) is 9.19 Å². The number of rotatable bonds is 3. The van der Waals surface area contributed by atoms with Gasteiger partial charge in [-0.3, -0.25) is 0 Å². The summed E-state index contributed by atoms with van der Waals surface area (Å²) in [6, 6.07) is 12.8. The van der Waals surface area contributed by atoms with E-state index in [1.807, 2.05) is 24.3 Å². The zero-order valence-corrected chi connectivity index (χ0v) is 12.8. The molecule has 6 heteroatoms. The quantitative estimate of drug-likeness (QED) is 0.734. The number of oxazole rings is 1. The minimum absolute atomic E-state index is 0.223. The highest BCUT2D eigenvalue weighted by molar-refractivity contribution is 9.10. The van der Waals surface area contributed by atoms with Crippen LogP contribution >= 0.6 is 15.9 Å². The molecule has 0 saturated carbocycles. The van der Waals surface area contributed by atoms with Gasteiger partial charge in [0.1, 0.15) is 16.3 Å². The van der Waals surface area contributed by atoms with Crippen molar-refractivity contribution in [3.05, 3.63) is 52.5 Å². The maximum atomic E-state index is 12.3. The first-order valence-corrected chi connectivity index (χ1v) is 8.02. The molecule has 2 N–H and O–H groups in total. The Morgan fingerprint density at radius 3 is 2.85 bits per heavy atom. The lowest BCUT2D eigenvalue weighted by Gasteiger charge is -2.01. The molecule has 0 fully saturated rings. The van der Waals surface area contributed by atoms with Gasteiger partial charge in [-0.2, -0.15) is 0 Å². The van der Waals surface area contributed by atoms with E-state index in [2.05, 4.69) is 20.9 Å². The highest BCUT2D eigenvalue weighted by Gasteiger charge is 2.14. The summed E-state index contributed by atoms with van der Waals surface area (Å²) in [6.45, 7) is 0.